The Labute approximate surface area is 818 Å². The smallest absolute Gasteiger partial charge is 0.303 e. The van der Waals surface area contributed by atoms with E-state index in [9.17, 15) is 165 Å². The predicted molar refractivity (Wildman–Crippen MR) is 492 cm³/mol. The van der Waals surface area contributed by atoms with Gasteiger partial charge in [0.05, 0.1) is 26.0 Å². The number of nitrogens with one attached hydrogen (secondary N) is 18. The van der Waals surface area contributed by atoms with Crippen LogP contribution < -0.4 is 136 Å². The lowest BCUT2D eigenvalue weighted by molar-refractivity contribution is -0.140. The third kappa shape index (κ3) is 54.3. The highest BCUT2D eigenvalue weighted by atomic mass is 16.4. The van der Waals surface area contributed by atoms with Gasteiger partial charge in [-0.25, -0.2) is 0 Å². The maximum atomic E-state index is 14.8. The molecule has 0 fully saturated rings. The van der Waals surface area contributed by atoms with Crippen molar-refractivity contribution in [3.63, 3.8) is 0 Å². The number of carbonyl (C=O) groups excluding carboxylic acids is 21. The molecule has 0 saturated heterocycles. The lowest BCUT2D eigenvalue weighted by Gasteiger charge is -2.30. The van der Waals surface area contributed by atoms with Crippen LogP contribution in [-0.4, -0.2) is 324 Å². The van der Waals surface area contributed by atoms with Crippen molar-refractivity contribution in [3.8, 4) is 0 Å². The minimum Gasteiger partial charge on any atom is -0.481 e. The molecule has 17 atom stereocenters. The van der Waals surface area contributed by atoms with Gasteiger partial charge in [-0.2, -0.15) is 0 Å². The minimum atomic E-state index is -2.27. The number of aliphatic carboxylic acids is 6. The van der Waals surface area contributed by atoms with Crippen LogP contribution in [-0.2, 0) is 129 Å². The van der Waals surface area contributed by atoms with Crippen LogP contribution in [0.4, 0.5) is 0 Å². The largest absolute Gasteiger partial charge is 0.481 e. The highest BCUT2D eigenvalue weighted by molar-refractivity contribution is 6.03. The summed E-state index contributed by atoms with van der Waals surface area (Å²) in [6, 6.07) is -30.2. The molecule has 143 heavy (non-hydrogen) atoms. The summed E-state index contributed by atoms with van der Waals surface area (Å²) in [5.41, 5.74) is 43.3. The van der Waals surface area contributed by atoms with Crippen molar-refractivity contribution < 1.29 is 165 Å². The van der Waals surface area contributed by atoms with Crippen molar-refractivity contribution in [1.29, 1.82) is 5.41 Å². The summed E-state index contributed by atoms with van der Waals surface area (Å²) >= 11 is 0. The quantitative estimate of drug-likeness (QED) is 0.0153. The number of aliphatic hydroxyl groups excluding tert-OH is 1. The molecule has 804 valence electrons. The zero-order valence-corrected chi connectivity index (χ0v) is 80.0. The van der Waals surface area contributed by atoms with Gasteiger partial charge in [0.2, 0.25) is 124 Å². The summed E-state index contributed by atoms with van der Waals surface area (Å²) in [5, 5.41) is 114. The van der Waals surface area contributed by atoms with E-state index in [0.717, 1.165) is 0 Å². The Balaban J connectivity index is 7.76. The van der Waals surface area contributed by atoms with Gasteiger partial charge in [0.1, 0.15) is 96.7 Å². The molecule has 0 aliphatic heterocycles. The van der Waals surface area contributed by atoms with Crippen molar-refractivity contribution in [1.82, 2.24) is 90.4 Å². The SMILES string of the molecule is CC[C@H](C)[C@H](NC(=O)[C@H](CC(C)C)NC(=O)[C@H](CCC(=O)O)NC(=O)[C@H](CCC(N)=O)NC(=O)[C@H](CC(N)=O)NC(=O)[C@H](CCC(=O)O)NC(=O)[C@H](CCC(N)=O)NC(=O)[C@H](CC(C)C)NC(=O)[C@H](CCC(=O)O)NC(=O)[C@H](CCC(=O)O)NC(=O)[C@H](CCC(=O)O)NC(=O)CN)C(=O)N[C@@H](CCCNC(=N)N)C(=O)N[C@@H](CCC(=O)O)C(=O)N[C@@H](CCCCN)C(=O)N[C@@H](CO)C(=O)N[C@@H](CC(N)=O)C(N)=O. The Morgan fingerprint density at radius 2 is 0.510 bits per heavy atom. The van der Waals surface area contributed by atoms with E-state index in [1.54, 1.807) is 20.8 Å². The zero-order valence-electron chi connectivity index (χ0n) is 80.0. The first-order chi connectivity index (χ1) is 66.8. The molecule has 0 spiro atoms. The predicted octanol–water partition coefficient (Wildman–Crippen LogP) is -12.8. The average molecular weight is 2040 g/mol. The molecule has 0 rings (SSSR count). The third-order valence-electron chi connectivity index (χ3n) is 21.1. The van der Waals surface area contributed by atoms with E-state index >= 15 is 0 Å². The number of hydrogen-bond acceptors (Lipinski definition) is 31. The molecule has 0 unspecified atom stereocenters. The number of nitrogens with two attached hydrogens (primary N) is 8. The fraction of sp³-hybridized carbons (Fsp3) is 0.663. The van der Waals surface area contributed by atoms with Gasteiger partial charge in [0, 0.05) is 57.9 Å². The van der Waals surface area contributed by atoms with Gasteiger partial charge >= 0.3 is 35.8 Å². The minimum absolute atomic E-state index is 0.0676. The van der Waals surface area contributed by atoms with Gasteiger partial charge < -0.3 is 172 Å². The van der Waals surface area contributed by atoms with Crippen LogP contribution in [0, 0.1) is 23.2 Å². The summed E-state index contributed by atoms with van der Waals surface area (Å²) in [7, 11) is 0. The molecular weight excluding hydrogens is 1910 g/mol. The molecule has 0 aromatic rings. The van der Waals surface area contributed by atoms with E-state index in [4.69, 9.17) is 51.3 Å². The fourth-order valence-electron chi connectivity index (χ4n) is 13.3. The van der Waals surface area contributed by atoms with Crippen LogP contribution in [0.25, 0.3) is 0 Å². The first-order valence-corrected chi connectivity index (χ1v) is 45.5. The summed E-state index contributed by atoms with van der Waals surface area (Å²) in [6.07, 6.45) is -15.9. The number of aliphatic hydroxyl groups is 1. The molecule has 60 nitrogen and oxygen atoms in total. The lowest BCUT2D eigenvalue weighted by atomic mass is 9.96. The van der Waals surface area contributed by atoms with E-state index in [1.807, 2.05) is 0 Å². The maximum absolute atomic E-state index is 14.8. The maximum Gasteiger partial charge on any atom is 0.303 e. The molecule has 21 amide bonds. The third-order valence-corrected chi connectivity index (χ3v) is 21.1. The summed E-state index contributed by atoms with van der Waals surface area (Å²) in [6.45, 7) is 7.31. The van der Waals surface area contributed by atoms with Gasteiger partial charge in [-0.1, -0.05) is 48.0 Å². The number of carbonyl (C=O) groups is 27. The summed E-state index contributed by atoms with van der Waals surface area (Å²) in [5.74, 6) is -38.3. The second-order valence-corrected chi connectivity index (χ2v) is 34.1. The molecule has 0 radical (unpaired) electrons. The lowest BCUT2D eigenvalue weighted by Crippen LogP contribution is -2.62. The zero-order chi connectivity index (χ0) is 109. The highest BCUT2D eigenvalue weighted by Gasteiger charge is 2.42. The van der Waals surface area contributed by atoms with Crippen LogP contribution >= 0.6 is 0 Å². The first kappa shape index (κ1) is 128. The first-order valence-electron chi connectivity index (χ1n) is 45.5. The van der Waals surface area contributed by atoms with Crippen LogP contribution in [0.3, 0.4) is 0 Å². The Hall–Kier alpha value is -15.2. The monoisotopic (exact) mass is 2040 g/mol. The van der Waals surface area contributed by atoms with Gasteiger partial charge in [-0.05, 0) is 121 Å². The summed E-state index contributed by atoms with van der Waals surface area (Å²) < 4.78 is 0. The van der Waals surface area contributed by atoms with Crippen molar-refractivity contribution in [2.45, 2.75) is 305 Å². The van der Waals surface area contributed by atoms with E-state index < -0.39 is 409 Å². The highest BCUT2D eigenvalue weighted by Crippen LogP contribution is 2.18. The molecular formula is C83H138N26O34. The Kier molecular flexibility index (Phi) is 60.1. The molecule has 0 aliphatic carbocycles. The van der Waals surface area contributed by atoms with Crippen LogP contribution in [0.15, 0.2) is 0 Å². The average Bonchev–Trinajstić information content (AvgIpc) is 0.847. The molecule has 0 aromatic carbocycles. The van der Waals surface area contributed by atoms with E-state index in [2.05, 4.69) is 90.4 Å². The molecule has 0 aliphatic rings. The number of primary amides is 5. The van der Waals surface area contributed by atoms with Gasteiger partial charge in [-0.15, -0.1) is 0 Å². The number of carboxylic acid groups (broad SMARTS) is 6. The van der Waals surface area contributed by atoms with Crippen molar-refractivity contribution >= 4 is 166 Å². The summed E-state index contributed by atoms with van der Waals surface area (Å²) in [4.78, 5) is 359. The van der Waals surface area contributed by atoms with Gasteiger partial charge in [0.15, 0.2) is 5.96 Å². The van der Waals surface area contributed by atoms with Crippen molar-refractivity contribution in [2.24, 2.45) is 63.6 Å². The Morgan fingerprint density at radius 3 is 0.776 bits per heavy atom. The van der Waals surface area contributed by atoms with Crippen molar-refractivity contribution in [3.05, 3.63) is 0 Å². The number of carboxylic acids is 6. The van der Waals surface area contributed by atoms with Crippen molar-refractivity contribution in [2.75, 3.05) is 26.2 Å². The molecule has 60 heteroatoms. The topological polar surface area (TPSA) is 1040 Å². The van der Waals surface area contributed by atoms with Gasteiger partial charge in [-0.3, -0.25) is 135 Å². The van der Waals surface area contributed by atoms with E-state index in [-0.39, 0.29) is 64.5 Å². The number of unbranched alkanes of at least 4 members (excludes halogenated alkanes) is 1. The number of rotatable bonds is 76. The fourth-order valence-corrected chi connectivity index (χ4v) is 13.3. The second kappa shape index (κ2) is 67.2. The standard InChI is InChI=1S/C83H138N26O34/c1-7-39(6)66(82(143)103-41(12-10-30-93-83(91)92)68(129)96-45(16-24-61(118)119)73(134)95-40(11-8-9-29-84)69(130)108-54(36-110)81(142)104-50(67(90)128)33-57(88)113)109-80(141)52(32-38(4)5)106-76(137)48(19-27-64(124)125)98-72(133)44(14-22-56(87)112)102-79(140)53(34-58(89)114)107-77(138)49(20-28-65(126)127)99-71(132)43(13-21-55(86)111)101-78(139)51(31-37(2)3)105-75(136)47(18-26-63(122)123)100-74(135)46(17-25-62(120)121)97-70(131)42(15-23-60(116)117)94-59(115)35-85/h37-54,66,110H,7-36,84-85H2,1-6H3,(H2,86,111)(H2,87,112)(H2,88,113)(H2,89,114)(H2,90,128)(H,94,115)(H,95,134)(H,96,129)(H,97,131)(H,98,133)(H,99,132)(H,100,135)(H,101,139)(H,102,140)(H,103,143)(H,104,142)(H,105,136)(H,106,137)(H,107,138)(H,108,130)(H,109,141)(H,116,117)(H,118,119)(H,120,121)(H,122,123)(H,124,125)(H,126,127)(H4,91,92,93)/t39-,40-,41-,42-,43-,44-,45-,46-,47-,48-,49-,50-,51-,52-,53-,54-,66-/m0/s1. The molecule has 0 aromatic heterocycles. The molecule has 0 heterocycles. The van der Waals surface area contributed by atoms with Crippen LogP contribution in [0.1, 0.15) is 208 Å². The van der Waals surface area contributed by atoms with Crippen LogP contribution in [0.5, 0.6) is 0 Å². The molecule has 0 saturated carbocycles. The molecule has 41 N–H and O–H groups in total. The Morgan fingerprint density at radius 1 is 0.273 bits per heavy atom. The molecule has 0 bridgehead atoms. The van der Waals surface area contributed by atoms with Crippen LogP contribution in [0.2, 0.25) is 0 Å². The van der Waals surface area contributed by atoms with E-state index in [0.29, 0.717) is 0 Å². The van der Waals surface area contributed by atoms with E-state index in [1.165, 1.54) is 20.8 Å². The second-order valence-electron chi connectivity index (χ2n) is 34.1. The number of hydrogen-bond donors (Lipinski definition) is 33. The Bertz CT molecular complexity index is 4480. The number of amides is 21. The van der Waals surface area contributed by atoms with Gasteiger partial charge in [0.25, 0.3) is 0 Å². The normalized spacial score (nSPS) is 14.5. The number of guanidine groups is 1.